The smallest absolute Gasteiger partial charge is 0.0726 e. The van der Waals surface area contributed by atoms with E-state index in [1.165, 1.54) is 16.9 Å². The lowest BCUT2D eigenvalue weighted by molar-refractivity contribution is 0.403. The average Bonchev–Trinajstić information content (AvgIpc) is 2.52. The summed E-state index contributed by atoms with van der Waals surface area (Å²) in [7, 11) is 0. The van der Waals surface area contributed by atoms with Crippen molar-refractivity contribution in [3.05, 3.63) is 71.8 Å². The van der Waals surface area contributed by atoms with Gasteiger partial charge in [0.1, 0.15) is 0 Å². The Balaban J connectivity index is 1.81. The third kappa shape index (κ3) is 3.90. The van der Waals surface area contributed by atoms with Gasteiger partial charge >= 0.3 is 0 Å². The topological polar surface area (TPSA) is 12.0 Å². The summed E-state index contributed by atoms with van der Waals surface area (Å²) in [5.74, 6) is 2.00. The zero-order valence-electron chi connectivity index (χ0n) is 12.6. The summed E-state index contributed by atoms with van der Waals surface area (Å²) >= 11 is 2.10. The van der Waals surface area contributed by atoms with Gasteiger partial charge in [0.2, 0.25) is 0 Å². The summed E-state index contributed by atoms with van der Waals surface area (Å²) in [6.45, 7) is 3.45. The molecule has 2 aromatic rings. The van der Waals surface area contributed by atoms with Crippen LogP contribution < -0.4 is 5.32 Å². The second-order valence-corrected chi connectivity index (χ2v) is 7.52. The Bertz CT molecular complexity index is 501. The van der Waals surface area contributed by atoms with E-state index in [9.17, 15) is 0 Å². The molecule has 1 unspecified atom stereocenters. The van der Waals surface area contributed by atoms with Gasteiger partial charge in [0.15, 0.2) is 0 Å². The molecule has 1 nitrogen and oxygen atoms in total. The fourth-order valence-corrected chi connectivity index (χ4v) is 4.36. The minimum absolute atomic E-state index is 0.134. The highest BCUT2D eigenvalue weighted by molar-refractivity contribution is 8.00. The fraction of sp³-hybridized carbons (Fsp3) is 0.368. The SMILES string of the molecule is CC1CNC(Cc2ccccc2)(Cc2ccccc2)SC1. The Morgan fingerprint density at radius 1 is 0.952 bits per heavy atom. The van der Waals surface area contributed by atoms with Gasteiger partial charge in [0.25, 0.3) is 0 Å². The van der Waals surface area contributed by atoms with Crippen LogP contribution in [0.5, 0.6) is 0 Å². The molecule has 2 heteroatoms. The lowest BCUT2D eigenvalue weighted by atomic mass is 9.97. The maximum Gasteiger partial charge on any atom is 0.0726 e. The molecule has 1 aliphatic heterocycles. The van der Waals surface area contributed by atoms with Gasteiger partial charge in [-0.3, -0.25) is 0 Å². The summed E-state index contributed by atoms with van der Waals surface area (Å²) in [6, 6.07) is 21.7. The van der Waals surface area contributed by atoms with Crippen molar-refractivity contribution in [3.63, 3.8) is 0 Å². The molecule has 110 valence electrons. The quantitative estimate of drug-likeness (QED) is 0.910. The van der Waals surface area contributed by atoms with Crippen LogP contribution in [0.1, 0.15) is 18.1 Å². The maximum atomic E-state index is 3.84. The van der Waals surface area contributed by atoms with Crippen LogP contribution in [-0.2, 0) is 12.8 Å². The van der Waals surface area contributed by atoms with E-state index >= 15 is 0 Å². The summed E-state index contributed by atoms with van der Waals surface area (Å²) in [5, 5.41) is 3.84. The van der Waals surface area contributed by atoms with Crippen molar-refractivity contribution in [2.24, 2.45) is 5.92 Å². The molecule has 1 heterocycles. The third-order valence-corrected chi connectivity index (χ3v) is 5.80. The van der Waals surface area contributed by atoms with Crippen molar-refractivity contribution in [2.45, 2.75) is 24.6 Å². The molecule has 1 saturated heterocycles. The standard InChI is InChI=1S/C19H23NS/c1-16-14-20-19(21-15-16,12-17-8-4-2-5-9-17)13-18-10-6-3-7-11-18/h2-11,16,20H,12-15H2,1H3. The van der Waals surface area contributed by atoms with E-state index < -0.39 is 0 Å². The molecule has 0 aliphatic carbocycles. The number of rotatable bonds is 4. The van der Waals surface area contributed by atoms with Gasteiger partial charge < -0.3 is 5.32 Å². The second-order valence-electron chi connectivity index (χ2n) is 6.12. The highest BCUT2D eigenvalue weighted by atomic mass is 32.2. The number of nitrogens with one attached hydrogen (secondary N) is 1. The molecular weight excluding hydrogens is 274 g/mol. The van der Waals surface area contributed by atoms with E-state index in [4.69, 9.17) is 0 Å². The maximum absolute atomic E-state index is 3.84. The molecule has 1 N–H and O–H groups in total. The van der Waals surface area contributed by atoms with Gasteiger partial charge in [-0.05, 0) is 29.3 Å². The molecule has 0 radical (unpaired) electrons. The fourth-order valence-electron chi connectivity index (χ4n) is 2.91. The molecular formula is C19H23NS. The highest BCUT2D eigenvalue weighted by Gasteiger charge is 2.34. The Morgan fingerprint density at radius 2 is 1.48 bits per heavy atom. The second kappa shape index (κ2) is 6.67. The monoisotopic (exact) mass is 297 g/mol. The average molecular weight is 297 g/mol. The minimum atomic E-state index is 0.134. The van der Waals surface area contributed by atoms with E-state index in [0.29, 0.717) is 0 Å². The molecule has 0 saturated carbocycles. The van der Waals surface area contributed by atoms with E-state index in [2.05, 4.69) is 84.7 Å². The molecule has 0 spiro atoms. The van der Waals surface area contributed by atoms with E-state index in [1.54, 1.807) is 0 Å². The van der Waals surface area contributed by atoms with Crippen LogP contribution in [0.2, 0.25) is 0 Å². The van der Waals surface area contributed by atoms with Crippen molar-refractivity contribution in [1.82, 2.24) is 5.32 Å². The van der Waals surface area contributed by atoms with Crippen LogP contribution in [0.15, 0.2) is 60.7 Å². The van der Waals surface area contributed by atoms with E-state index in [-0.39, 0.29) is 4.87 Å². The van der Waals surface area contributed by atoms with Crippen molar-refractivity contribution in [2.75, 3.05) is 12.3 Å². The van der Waals surface area contributed by atoms with Gasteiger partial charge in [-0.2, -0.15) is 0 Å². The molecule has 0 bridgehead atoms. The molecule has 21 heavy (non-hydrogen) atoms. The minimum Gasteiger partial charge on any atom is -0.302 e. The predicted octanol–water partition coefficient (Wildman–Crippen LogP) is 4.14. The van der Waals surface area contributed by atoms with Crippen molar-refractivity contribution >= 4 is 11.8 Å². The van der Waals surface area contributed by atoms with Crippen LogP contribution in [-0.4, -0.2) is 17.2 Å². The Morgan fingerprint density at radius 3 is 1.90 bits per heavy atom. The first-order chi connectivity index (χ1) is 10.3. The van der Waals surface area contributed by atoms with Crippen LogP contribution in [0.3, 0.4) is 0 Å². The summed E-state index contributed by atoms with van der Waals surface area (Å²) in [6.07, 6.45) is 2.17. The number of thioether (sulfide) groups is 1. The first-order valence-corrected chi connectivity index (χ1v) is 8.71. The van der Waals surface area contributed by atoms with Gasteiger partial charge in [-0.1, -0.05) is 67.6 Å². The molecule has 1 fully saturated rings. The first-order valence-electron chi connectivity index (χ1n) is 7.73. The predicted molar refractivity (Wildman–Crippen MR) is 92.6 cm³/mol. The molecule has 0 aromatic heterocycles. The third-order valence-electron chi connectivity index (χ3n) is 4.08. The van der Waals surface area contributed by atoms with Crippen LogP contribution >= 0.6 is 11.8 Å². The number of benzene rings is 2. The zero-order valence-corrected chi connectivity index (χ0v) is 13.4. The lowest BCUT2D eigenvalue weighted by Crippen LogP contribution is -2.51. The largest absolute Gasteiger partial charge is 0.302 e. The summed E-state index contributed by atoms with van der Waals surface area (Å²) in [5.41, 5.74) is 2.84. The van der Waals surface area contributed by atoms with Gasteiger partial charge in [-0.25, -0.2) is 0 Å². The van der Waals surface area contributed by atoms with Crippen LogP contribution in [0, 0.1) is 5.92 Å². The van der Waals surface area contributed by atoms with Gasteiger partial charge in [0.05, 0.1) is 4.87 Å². The van der Waals surface area contributed by atoms with Crippen LogP contribution in [0.25, 0.3) is 0 Å². The molecule has 1 atom stereocenters. The highest BCUT2D eigenvalue weighted by Crippen LogP contribution is 2.35. The first kappa shape index (κ1) is 14.7. The lowest BCUT2D eigenvalue weighted by Gasteiger charge is -2.40. The van der Waals surface area contributed by atoms with Crippen molar-refractivity contribution in [3.8, 4) is 0 Å². The summed E-state index contributed by atoms with van der Waals surface area (Å²) in [4.78, 5) is 0.134. The Kier molecular flexibility index (Phi) is 4.67. The van der Waals surface area contributed by atoms with E-state index in [0.717, 1.165) is 25.3 Å². The Hall–Kier alpha value is -1.25. The molecule has 0 amide bonds. The zero-order chi connectivity index (χ0) is 14.5. The van der Waals surface area contributed by atoms with Crippen molar-refractivity contribution in [1.29, 1.82) is 0 Å². The van der Waals surface area contributed by atoms with Gasteiger partial charge in [-0.15, -0.1) is 11.8 Å². The normalized spacial score (nSPS) is 21.1. The molecule has 1 aliphatic rings. The van der Waals surface area contributed by atoms with Gasteiger partial charge in [0, 0.05) is 12.8 Å². The Labute approximate surface area is 132 Å². The molecule has 3 rings (SSSR count). The van der Waals surface area contributed by atoms with E-state index in [1.807, 2.05) is 0 Å². The number of hydrogen-bond donors (Lipinski definition) is 1. The summed E-state index contributed by atoms with van der Waals surface area (Å²) < 4.78 is 0. The number of hydrogen-bond acceptors (Lipinski definition) is 2. The molecule has 2 aromatic carbocycles. The van der Waals surface area contributed by atoms with Crippen LogP contribution in [0.4, 0.5) is 0 Å². The van der Waals surface area contributed by atoms with Crippen molar-refractivity contribution < 1.29 is 0 Å².